The van der Waals surface area contributed by atoms with Crippen LogP contribution < -0.4 is 24.2 Å². The van der Waals surface area contributed by atoms with E-state index in [2.05, 4.69) is 10.0 Å². The first kappa shape index (κ1) is 22.5. The summed E-state index contributed by atoms with van der Waals surface area (Å²) in [5.74, 6) is 1.20. The number of ether oxygens (including phenoxy) is 3. The van der Waals surface area contributed by atoms with Gasteiger partial charge < -0.3 is 19.5 Å². The molecule has 1 amide bonds. The Labute approximate surface area is 192 Å². The minimum absolute atomic E-state index is 0.0658. The number of amides is 1. The molecule has 0 aromatic heterocycles. The predicted octanol–water partition coefficient (Wildman–Crippen LogP) is 4.05. The van der Waals surface area contributed by atoms with Crippen LogP contribution in [0.2, 0.25) is 0 Å². The van der Waals surface area contributed by atoms with E-state index in [1.807, 2.05) is 18.2 Å². The molecule has 0 bridgehead atoms. The topological polar surface area (TPSA) is 103 Å². The minimum Gasteiger partial charge on any atom is -0.490 e. The summed E-state index contributed by atoms with van der Waals surface area (Å²) in [4.78, 5) is 12.5. The van der Waals surface area contributed by atoms with E-state index in [1.165, 1.54) is 12.1 Å². The predicted molar refractivity (Wildman–Crippen MR) is 124 cm³/mol. The van der Waals surface area contributed by atoms with Crippen LogP contribution in [-0.2, 0) is 14.8 Å². The highest BCUT2D eigenvalue weighted by atomic mass is 32.2. The van der Waals surface area contributed by atoms with E-state index in [0.717, 1.165) is 6.42 Å². The summed E-state index contributed by atoms with van der Waals surface area (Å²) in [5.41, 5.74) is 0.871. The second kappa shape index (κ2) is 9.83. The molecule has 0 unspecified atom stereocenters. The van der Waals surface area contributed by atoms with E-state index in [1.54, 1.807) is 49.4 Å². The standard InChI is InChI=1S/C24H24N2O6S/c1-17(32-20-6-3-2-4-7-20)24(27)25-18-8-10-19(11-9-18)26-33(28,29)21-12-13-22-23(16-21)31-15-5-14-30-22/h2-4,6-13,16-17,26H,5,14-15H2,1H3,(H,25,27)/t17-/m1/s1. The molecule has 8 nitrogen and oxygen atoms in total. The number of carbonyl (C=O) groups excluding carboxylic acids is 1. The molecule has 0 saturated carbocycles. The molecule has 1 aliphatic rings. The lowest BCUT2D eigenvalue weighted by Gasteiger charge is -2.15. The molecule has 1 atom stereocenters. The zero-order chi connectivity index (χ0) is 23.3. The maximum absolute atomic E-state index is 12.8. The molecule has 4 rings (SSSR count). The van der Waals surface area contributed by atoms with Crippen LogP contribution in [-0.4, -0.2) is 33.6 Å². The van der Waals surface area contributed by atoms with Crippen LogP contribution in [0, 0.1) is 0 Å². The third kappa shape index (κ3) is 5.75. The summed E-state index contributed by atoms with van der Waals surface area (Å²) in [6.45, 7) is 2.64. The first-order valence-corrected chi connectivity index (χ1v) is 11.9. The second-order valence-electron chi connectivity index (χ2n) is 7.40. The van der Waals surface area contributed by atoms with Gasteiger partial charge in [0, 0.05) is 23.9 Å². The van der Waals surface area contributed by atoms with Gasteiger partial charge in [-0.05, 0) is 55.5 Å². The van der Waals surface area contributed by atoms with Gasteiger partial charge >= 0.3 is 0 Å². The summed E-state index contributed by atoms with van der Waals surface area (Å²) in [5, 5.41) is 2.75. The lowest BCUT2D eigenvalue weighted by Crippen LogP contribution is -2.30. The van der Waals surface area contributed by atoms with Gasteiger partial charge in [0.25, 0.3) is 15.9 Å². The Kier molecular flexibility index (Phi) is 6.69. The normalized spacial score (nSPS) is 14.0. The molecule has 172 valence electrons. The van der Waals surface area contributed by atoms with Gasteiger partial charge in [-0.15, -0.1) is 0 Å². The van der Waals surface area contributed by atoms with Crippen molar-refractivity contribution < 1.29 is 27.4 Å². The average Bonchev–Trinajstić information content (AvgIpc) is 3.06. The Morgan fingerprint density at radius 2 is 1.58 bits per heavy atom. The van der Waals surface area contributed by atoms with Crippen LogP contribution in [0.4, 0.5) is 11.4 Å². The van der Waals surface area contributed by atoms with Crippen molar-refractivity contribution in [3.8, 4) is 17.2 Å². The van der Waals surface area contributed by atoms with Crippen LogP contribution in [0.3, 0.4) is 0 Å². The number of hydrogen-bond acceptors (Lipinski definition) is 6. The molecule has 33 heavy (non-hydrogen) atoms. The van der Waals surface area contributed by atoms with Crippen LogP contribution >= 0.6 is 0 Å². The van der Waals surface area contributed by atoms with E-state index in [-0.39, 0.29) is 10.8 Å². The lowest BCUT2D eigenvalue weighted by molar-refractivity contribution is -0.122. The number of carbonyl (C=O) groups is 1. The van der Waals surface area contributed by atoms with Crippen LogP contribution in [0.1, 0.15) is 13.3 Å². The van der Waals surface area contributed by atoms with E-state index in [0.29, 0.717) is 41.8 Å². The van der Waals surface area contributed by atoms with E-state index >= 15 is 0 Å². The van der Waals surface area contributed by atoms with Crippen LogP contribution in [0.5, 0.6) is 17.2 Å². The molecule has 0 aliphatic carbocycles. The van der Waals surface area contributed by atoms with Crippen molar-refractivity contribution >= 4 is 27.3 Å². The van der Waals surface area contributed by atoms with Gasteiger partial charge in [-0.1, -0.05) is 18.2 Å². The van der Waals surface area contributed by atoms with Crippen molar-refractivity contribution in [1.82, 2.24) is 0 Å². The highest BCUT2D eigenvalue weighted by Crippen LogP contribution is 2.32. The number of anilines is 2. The van der Waals surface area contributed by atoms with E-state index in [4.69, 9.17) is 14.2 Å². The zero-order valence-corrected chi connectivity index (χ0v) is 18.8. The number of fused-ring (bicyclic) bond motifs is 1. The smallest absolute Gasteiger partial charge is 0.265 e. The first-order chi connectivity index (χ1) is 15.9. The van der Waals surface area contributed by atoms with Gasteiger partial charge in [0.1, 0.15) is 5.75 Å². The summed E-state index contributed by atoms with van der Waals surface area (Å²) in [6, 6.07) is 19.9. The van der Waals surface area contributed by atoms with Gasteiger partial charge in [0.2, 0.25) is 0 Å². The Balaban J connectivity index is 1.39. The maximum Gasteiger partial charge on any atom is 0.265 e. The molecule has 3 aromatic carbocycles. The van der Waals surface area contributed by atoms with E-state index < -0.39 is 16.1 Å². The molecule has 0 fully saturated rings. The highest BCUT2D eigenvalue weighted by Gasteiger charge is 2.19. The Morgan fingerprint density at radius 1 is 0.909 bits per heavy atom. The van der Waals surface area contributed by atoms with Crippen molar-refractivity contribution in [1.29, 1.82) is 0 Å². The Hall–Kier alpha value is -3.72. The highest BCUT2D eigenvalue weighted by molar-refractivity contribution is 7.92. The Morgan fingerprint density at radius 3 is 2.30 bits per heavy atom. The molecule has 3 aromatic rings. The molecule has 0 saturated heterocycles. The summed E-state index contributed by atoms with van der Waals surface area (Å²) in [6.07, 6.45) is 0.0275. The van der Waals surface area contributed by atoms with Crippen molar-refractivity contribution in [2.45, 2.75) is 24.3 Å². The third-order valence-corrected chi connectivity index (χ3v) is 6.24. The molecule has 0 spiro atoms. The number of nitrogens with one attached hydrogen (secondary N) is 2. The van der Waals surface area contributed by atoms with Gasteiger partial charge in [-0.2, -0.15) is 0 Å². The monoisotopic (exact) mass is 468 g/mol. The largest absolute Gasteiger partial charge is 0.490 e. The number of para-hydroxylation sites is 1. The summed E-state index contributed by atoms with van der Waals surface area (Å²) in [7, 11) is -3.84. The van der Waals surface area contributed by atoms with Crippen molar-refractivity contribution in [2.75, 3.05) is 23.3 Å². The number of hydrogen-bond donors (Lipinski definition) is 2. The van der Waals surface area contributed by atoms with E-state index in [9.17, 15) is 13.2 Å². The van der Waals surface area contributed by atoms with Crippen molar-refractivity contribution in [2.24, 2.45) is 0 Å². The summed E-state index contributed by atoms with van der Waals surface area (Å²) >= 11 is 0. The molecule has 0 radical (unpaired) electrons. The van der Waals surface area contributed by atoms with Gasteiger partial charge in [-0.3, -0.25) is 9.52 Å². The molecule has 9 heteroatoms. The fourth-order valence-corrected chi connectivity index (χ4v) is 4.22. The lowest BCUT2D eigenvalue weighted by atomic mass is 10.2. The molecule has 1 heterocycles. The quantitative estimate of drug-likeness (QED) is 0.542. The van der Waals surface area contributed by atoms with Crippen molar-refractivity contribution in [3.63, 3.8) is 0 Å². The fourth-order valence-electron chi connectivity index (χ4n) is 3.15. The maximum atomic E-state index is 12.8. The number of sulfonamides is 1. The zero-order valence-electron chi connectivity index (χ0n) is 18.0. The first-order valence-electron chi connectivity index (χ1n) is 10.5. The second-order valence-corrected chi connectivity index (χ2v) is 9.09. The number of benzene rings is 3. The Bertz CT molecular complexity index is 1210. The van der Waals surface area contributed by atoms with Gasteiger partial charge in [0.05, 0.1) is 18.1 Å². The minimum atomic E-state index is -3.84. The van der Waals surface area contributed by atoms with Crippen molar-refractivity contribution in [3.05, 3.63) is 72.8 Å². The fraction of sp³-hybridized carbons (Fsp3) is 0.208. The van der Waals surface area contributed by atoms with Gasteiger partial charge in [-0.25, -0.2) is 8.42 Å². The molecule has 1 aliphatic heterocycles. The molecule has 2 N–H and O–H groups in total. The number of rotatable bonds is 7. The van der Waals surface area contributed by atoms with Gasteiger partial charge in [0.15, 0.2) is 17.6 Å². The van der Waals surface area contributed by atoms with Crippen LogP contribution in [0.25, 0.3) is 0 Å². The molecular formula is C24H24N2O6S. The SMILES string of the molecule is C[C@@H](Oc1ccccc1)C(=O)Nc1ccc(NS(=O)(=O)c2ccc3c(c2)OCCCO3)cc1. The summed E-state index contributed by atoms with van der Waals surface area (Å²) < 4.78 is 44.9. The third-order valence-electron chi connectivity index (χ3n) is 4.86. The molecular weight excluding hydrogens is 444 g/mol. The average molecular weight is 469 g/mol. The van der Waals surface area contributed by atoms with Crippen LogP contribution in [0.15, 0.2) is 77.7 Å².